The zero-order valence-electron chi connectivity index (χ0n) is 9.52. The van der Waals surface area contributed by atoms with Crippen LogP contribution >= 0.6 is 0 Å². The number of pyridine rings is 1. The van der Waals surface area contributed by atoms with Gasteiger partial charge < -0.3 is 10.6 Å². The maximum Gasteiger partial charge on any atom is 0.256 e. The quantitative estimate of drug-likeness (QED) is 0.838. The van der Waals surface area contributed by atoms with Crippen molar-refractivity contribution in [3.05, 3.63) is 24.0 Å². The minimum Gasteiger partial charge on any atom is -0.397 e. The van der Waals surface area contributed by atoms with E-state index in [4.69, 9.17) is 5.73 Å². The minimum atomic E-state index is 0.0456. The molecule has 0 atom stereocenters. The van der Waals surface area contributed by atoms with Gasteiger partial charge in [0, 0.05) is 18.8 Å². The Hall–Kier alpha value is -1.58. The zero-order chi connectivity index (χ0) is 11.5. The van der Waals surface area contributed by atoms with Crippen LogP contribution in [0.25, 0.3) is 0 Å². The molecule has 2 rings (SSSR count). The second kappa shape index (κ2) is 4.51. The van der Waals surface area contributed by atoms with Crippen molar-refractivity contribution in [2.75, 3.05) is 12.3 Å². The van der Waals surface area contributed by atoms with Crippen LogP contribution in [0.1, 0.15) is 36.5 Å². The number of nitrogens with zero attached hydrogens (tertiary/aromatic N) is 2. The van der Waals surface area contributed by atoms with Gasteiger partial charge in [-0.3, -0.25) is 9.78 Å². The summed E-state index contributed by atoms with van der Waals surface area (Å²) in [6.07, 6.45) is 6.37. The van der Waals surface area contributed by atoms with Crippen LogP contribution in [0.2, 0.25) is 0 Å². The van der Waals surface area contributed by atoms with Gasteiger partial charge in [0.05, 0.1) is 17.4 Å². The summed E-state index contributed by atoms with van der Waals surface area (Å²) in [5, 5.41) is 0. The van der Waals surface area contributed by atoms with E-state index in [0.717, 1.165) is 25.8 Å². The maximum absolute atomic E-state index is 12.3. The fourth-order valence-electron chi connectivity index (χ4n) is 1.83. The van der Waals surface area contributed by atoms with Crippen LogP contribution in [-0.2, 0) is 0 Å². The van der Waals surface area contributed by atoms with E-state index in [-0.39, 0.29) is 5.91 Å². The number of carbonyl (C=O) groups is 1. The van der Waals surface area contributed by atoms with Gasteiger partial charge >= 0.3 is 0 Å². The van der Waals surface area contributed by atoms with Crippen LogP contribution in [0.15, 0.2) is 18.5 Å². The highest BCUT2D eigenvalue weighted by Gasteiger charge is 2.32. The number of aromatic nitrogens is 1. The van der Waals surface area contributed by atoms with Crippen molar-refractivity contribution in [1.29, 1.82) is 0 Å². The number of anilines is 1. The molecule has 4 nitrogen and oxygen atoms in total. The van der Waals surface area contributed by atoms with E-state index in [1.54, 1.807) is 12.3 Å². The smallest absolute Gasteiger partial charge is 0.256 e. The molecule has 1 fully saturated rings. The van der Waals surface area contributed by atoms with E-state index >= 15 is 0 Å². The van der Waals surface area contributed by atoms with Crippen LogP contribution in [0, 0.1) is 0 Å². The summed E-state index contributed by atoms with van der Waals surface area (Å²) in [6, 6.07) is 2.13. The van der Waals surface area contributed by atoms with Crippen molar-refractivity contribution in [3.8, 4) is 0 Å². The second-order valence-electron chi connectivity index (χ2n) is 4.19. The monoisotopic (exact) mass is 219 g/mol. The normalized spacial score (nSPS) is 14.8. The molecule has 86 valence electrons. The van der Waals surface area contributed by atoms with E-state index in [9.17, 15) is 4.79 Å². The summed E-state index contributed by atoms with van der Waals surface area (Å²) in [7, 11) is 0. The standard InChI is InChI=1S/C12H17N3O/c1-2-7-15(9-3-4-9)12(16)10-5-6-14-8-11(10)13/h5-6,8-9H,2-4,7,13H2,1H3. The molecule has 0 bridgehead atoms. The van der Waals surface area contributed by atoms with Gasteiger partial charge in [-0.2, -0.15) is 0 Å². The molecule has 1 aromatic heterocycles. The van der Waals surface area contributed by atoms with Gasteiger partial charge in [-0.05, 0) is 25.3 Å². The molecular formula is C12H17N3O. The molecule has 1 aliphatic carbocycles. The number of carbonyl (C=O) groups excluding carboxylic acids is 1. The highest BCUT2D eigenvalue weighted by Crippen LogP contribution is 2.29. The molecule has 0 saturated heterocycles. The third kappa shape index (κ3) is 2.15. The summed E-state index contributed by atoms with van der Waals surface area (Å²) in [6.45, 7) is 2.89. The molecule has 0 aliphatic heterocycles. The third-order valence-corrected chi connectivity index (χ3v) is 2.80. The summed E-state index contributed by atoms with van der Waals surface area (Å²) in [5.74, 6) is 0.0456. The molecule has 0 unspecified atom stereocenters. The first-order valence-electron chi connectivity index (χ1n) is 5.74. The molecule has 4 heteroatoms. The van der Waals surface area contributed by atoms with Crippen LogP contribution < -0.4 is 5.73 Å². The topological polar surface area (TPSA) is 59.2 Å². The average molecular weight is 219 g/mol. The highest BCUT2D eigenvalue weighted by atomic mass is 16.2. The molecule has 1 aliphatic rings. The lowest BCUT2D eigenvalue weighted by atomic mass is 10.2. The molecule has 0 radical (unpaired) electrons. The second-order valence-corrected chi connectivity index (χ2v) is 4.19. The molecule has 2 N–H and O–H groups in total. The Morgan fingerprint density at radius 2 is 2.38 bits per heavy atom. The summed E-state index contributed by atoms with van der Waals surface area (Å²) < 4.78 is 0. The lowest BCUT2D eigenvalue weighted by Crippen LogP contribution is -2.34. The van der Waals surface area contributed by atoms with Crippen molar-refractivity contribution in [2.45, 2.75) is 32.2 Å². The van der Waals surface area contributed by atoms with Crippen molar-refractivity contribution >= 4 is 11.6 Å². The molecule has 1 saturated carbocycles. The van der Waals surface area contributed by atoms with Crippen LogP contribution in [0.3, 0.4) is 0 Å². The van der Waals surface area contributed by atoms with Crippen LogP contribution in [0.5, 0.6) is 0 Å². The van der Waals surface area contributed by atoms with Gasteiger partial charge in [0.1, 0.15) is 0 Å². The van der Waals surface area contributed by atoms with E-state index < -0.39 is 0 Å². The van der Waals surface area contributed by atoms with Crippen molar-refractivity contribution in [3.63, 3.8) is 0 Å². The van der Waals surface area contributed by atoms with E-state index in [0.29, 0.717) is 17.3 Å². The molecule has 1 amide bonds. The largest absolute Gasteiger partial charge is 0.397 e. The molecular weight excluding hydrogens is 202 g/mol. The Morgan fingerprint density at radius 3 is 2.94 bits per heavy atom. The van der Waals surface area contributed by atoms with Gasteiger partial charge in [0.25, 0.3) is 5.91 Å². The van der Waals surface area contributed by atoms with Gasteiger partial charge in [0.2, 0.25) is 0 Å². The molecule has 1 aromatic rings. The number of nitrogens with two attached hydrogens (primary N) is 1. The van der Waals surface area contributed by atoms with Crippen molar-refractivity contribution < 1.29 is 4.79 Å². The van der Waals surface area contributed by atoms with E-state index in [1.165, 1.54) is 6.20 Å². The molecule has 0 spiro atoms. The predicted octanol–water partition coefficient (Wildman–Crippen LogP) is 1.68. The summed E-state index contributed by atoms with van der Waals surface area (Å²) >= 11 is 0. The van der Waals surface area contributed by atoms with Crippen LogP contribution in [0.4, 0.5) is 5.69 Å². The fraction of sp³-hybridized carbons (Fsp3) is 0.500. The number of rotatable bonds is 4. The van der Waals surface area contributed by atoms with E-state index in [2.05, 4.69) is 11.9 Å². The summed E-state index contributed by atoms with van der Waals surface area (Å²) in [5.41, 5.74) is 6.81. The van der Waals surface area contributed by atoms with E-state index in [1.807, 2.05) is 4.90 Å². The Kier molecular flexibility index (Phi) is 3.08. The average Bonchev–Trinajstić information content (AvgIpc) is 3.09. The van der Waals surface area contributed by atoms with Gasteiger partial charge in [-0.25, -0.2) is 0 Å². The lowest BCUT2D eigenvalue weighted by Gasteiger charge is -2.22. The Bertz CT molecular complexity index is 388. The first-order chi connectivity index (χ1) is 7.74. The fourth-order valence-corrected chi connectivity index (χ4v) is 1.83. The lowest BCUT2D eigenvalue weighted by molar-refractivity contribution is 0.0744. The Morgan fingerprint density at radius 1 is 1.62 bits per heavy atom. The predicted molar refractivity (Wildman–Crippen MR) is 63.0 cm³/mol. The number of hydrogen-bond acceptors (Lipinski definition) is 3. The maximum atomic E-state index is 12.3. The molecule has 1 heterocycles. The molecule has 0 aromatic carbocycles. The highest BCUT2D eigenvalue weighted by molar-refractivity contribution is 5.99. The van der Waals surface area contributed by atoms with Gasteiger partial charge in [0.15, 0.2) is 0 Å². The summed E-state index contributed by atoms with van der Waals surface area (Å²) in [4.78, 5) is 18.1. The Balaban J connectivity index is 2.19. The van der Waals surface area contributed by atoms with Crippen molar-refractivity contribution in [1.82, 2.24) is 9.88 Å². The Labute approximate surface area is 95.5 Å². The van der Waals surface area contributed by atoms with Gasteiger partial charge in [-0.1, -0.05) is 6.92 Å². The SMILES string of the molecule is CCCN(C(=O)c1ccncc1N)C1CC1. The third-order valence-electron chi connectivity index (χ3n) is 2.80. The zero-order valence-corrected chi connectivity index (χ0v) is 9.52. The number of amides is 1. The number of nitrogen functional groups attached to an aromatic ring is 1. The number of hydrogen-bond donors (Lipinski definition) is 1. The molecule has 16 heavy (non-hydrogen) atoms. The first-order valence-corrected chi connectivity index (χ1v) is 5.74. The first kappa shape index (κ1) is 10.9. The van der Waals surface area contributed by atoms with Crippen LogP contribution in [-0.4, -0.2) is 28.4 Å². The minimum absolute atomic E-state index is 0.0456. The van der Waals surface area contributed by atoms with Gasteiger partial charge in [-0.15, -0.1) is 0 Å². The van der Waals surface area contributed by atoms with Crippen molar-refractivity contribution in [2.24, 2.45) is 0 Å².